The third-order valence-electron chi connectivity index (χ3n) is 4.29. The Bertz CT molecular complexity index is 296. The third kappa shape index (κ3) is 5.41. The van der Waals surface area contributed by atoms with Crippen LogP contribution < -0.4 is 5.32 Å². The number of carbonyl (C=O) groups excluding carboxylic acids is 1. The van der Waals surface area contributed by atoms with Crippen LogP contribution in [0, 0.1) is 5.92 Å². The highest BCUT2D eigenvalue weighted by molar-refractivity contribution is 5.80. The maximum atomic E-state index is 12.0. The van der Waals surface area contributed by atoms with Gasteiger partial charge in [-0.25, -0.2) is 0 Å². The van der Waals surface area contributed by atoms with E-state index in [-0.39, 0.29) is 5.97 Å². The summed E-state index contributed by atoms with van der Waals surface area (Å²) < 4.78 is 4.96. The van der Waals surface area contributed by atoms with Gasteiger partial charge in [-0.15, -0.1) is 0 Å². The van der Waals surface area contributed by atoms with Crippen molar-refractivity contribution in [3.63, 3.8) is 0 Å². The second kappa shape index (κ2) is 8.63. The summed E-state index contributed by atoms with van der Waals surface area (Å²) in [7, 11) is 1.47. The van der Waals surface area contributed by atoms with Gasteiger partial charge in [0.15, 0.2) is 0 Å². The van der Waals surface area contributed by atoms with Crippen LogP contribution in [0.4, 0.5) is 0 Å². The highest BCUT2D eigenvalue weighted by atomic mass is 16.5. The van der Waals surface area contributed by atoms with E-state index in [1.165, 1.54) is 33.0 Å². The summed E-state index contributed by atoms with van der Waals surface area (Å²) in [5.41, 5.74) is -0.536. The van der Waals surface area contributed by atoms with E-state index >= 15 is 0 Å². The number of hydrogen-bond acceptors (Lipinski definition) is 4. The Hall–Kier alpha value is -0.610. The lowest BCUT2D eigenvalue weighted by atomic mass is 9.94. The summed E-state index contributed by atoms with van der Waals surface area (Å²) in [5, 5.41) is 3.35. The molecular formula is C16H32N2O2. The van der Waals surface area contributed by atoms with E-state index in [9.17, 15) is 4.79 Å². The van der Waals surface area contributed by atoms with Crippen molar-refractivity contribution in [1.82, 2.24) is 10.2 Å². The van der Waals surface area contributed by atoms with Gasteiger partial charge < -0.3 is 15.0 Å². The minimum absolute atomic E-state index is 0.141. The zero-order valence-electron chi connectivity index (χ0n) is 13.7. The molecule has 0 saturated carbocycles. The van der Waals surface area contributed by atoms with Crippen LogP contribution in [0.1, 0.15) is 52.9 Å². The molecule has 2 atom stereocenters. The first-order valence-corrected chi connectivity index (χ1v) is 8.07. The van der Waals surface area contributed by atoms with Crippen LogP contribution >= 0.6 is 0 Å². The van der Waals surface area contributed by atoms with Gasteiger partial charge >= 0.3 is 5.97 Å². The maximum Gasteiger partial charge on any atom is 0.325 e. The van der Waals surface area contributed by atoms with E-state index in [2.05, 4.69) is 24.1 Å². The first-order chi connectivity index (χ1) is 9.51. The van der Waals surface area contributed by atoms with Crippen molar-refractivity contribution in [2.75, 3.05) is 33.3 Å². The van der Waals surface area contributed by atoms with Crippen molar-refractivity contribution in [2.45, 2.75) is 58.4 Å². The van der Waals surface area contributed by atoms with Gasteiger partial charge in [-0.05, 0) is 64.6 Å². The van der Waals surface area contributed by atoms with Crippen molar-refractivity contribution in [1.29, 1.82) is 0 Å². The number of ether oxygens (including phenoxy) is 1. The number of piperidine rings is 1. The van der Waals surface area contributed by atoms with E-state index in [1.807, 2.05) is 6.92 Å². The average molecular weight is 284 g/mol. The molecule has 4 heteroatoms. The van der Waals surface area contributed by atoms with Crippen LogP contribution in [-0.4, -0.2) is 49.7 Å². The normalized spacial score (nSPS) is 23.3. The highest BCUT2D eigenvalue weighted by Crippen LogP contribution is 2.19. The Morgan fingerprint density at radius 2 is 2.25 bits per heavy atom. The standard InChI is InChI=1S/C16H32N2O2/c1-5-10-17-16(3,15(19)20-4)9-7-12-18-11-6-8-14(2)13-18/h14,17H,5-13H2,1-4H3. The molecule has 1 aliphatic heterocycles. The first kappa shape index (κ1) is 17.4. The molecular weight excluding hydrogens is 252 g/mol. The quantitative estimate of drug-likeness (QED) is 0.695. The van der Waals surface area contributed by atoms with E-state index < -0.39 is 5.54 Å². The number of carbonyl (C=O) groups is 1. The van der Waals surface area contributed by atoms with Crippen molar-refractivity contribution >= 4 is 5.97 Å². The van der Waals surface area contributed by atoms with Crippen molar-refractivity contribution < 1.29 is 9.53 Å². The predicted molar refractivity (Wildman–Crippen MR) is 82.8 cm³/mol. The fourth-order valence-electron chi connectivity index (χ4n) is 3.03. The molecule has 4 nitrogen and oxygen atoms in total. The Morgan fingerprint density at radius 3 is 2.85 bits per heavy atom. The minimum atomic E-state index is -0.536. The molecule has 0 aliphatic carbocycles. The second-order valence-corrected chi connectivity index (χ2v) is 6.40. The fourth-order valence-corrected chi connectivity index (χ4v) is 3.03. The Labute approximate surface area is 124 Å². The molecule has 20 heavy (non-hydrogen) atoms. The summed E-state index contributed by atoms with van der Waals surface area (Å²) in [6.45, 7) is 10.8. The van der Waals surface area contributed by atoms with Crippen LogP contribution in [0.3, 0.4) is 0 Å². The highest BCUT2D eigenvalue weighted by Gasteiger charge is 2.33. The number of hydrogen-bond donors (Lipinski definition) is 1. The van der Waals surface area contributed by atoms with E-state index in [0.29, 0.717) is 0 Å². The van der Waals surface area contributed by atoms with Gasteiger partial charge in [0.25, 0.3) is 0 Å². The Morgan fingerprint density at radius 1 is 1.50 bits per heavy atom. The van der Waals surface area contributed by atoms with E-state index in [1.54, 1.807) is 0 Å². The largest absolute Gasteiger partial charge is 0.468 e. The van der Waals surface area contributed by atoms with Crippen LogP contribution in [0.25, 0.3) is 0 Å². The molecule has 2 unspecified atom stereocenters. The fraction of sp³-hybridized carbons (Fsp3) is 0.938. The van der Waals surface area contributed by atoms with Gasteiger partial charge in [-0.2, -0.15) is 0 Å². The maximum absolute atomic E-state index is 12.0. The number of nitrogens with one attached hydrogen (secondary N) is 1. The van der Waals surface area contributed by atoms with Crippen molar-refractivity contribution in [3.05, 3.63) is 0 Å². The molecule has 0 radical (unpaired) electrons. The molecule has 0 amide bonds. The first-order valence-electron chi connectivity index (χ1n) is 8.07. The molecule has 0 bridgehead atoms. The zero-order chi connectivity index (χ0) is 15.0. The number of rotatable bonds is 8. The van der Waals surface area contributed by atoms with Crippen LogP contribution in [0.5, 0.6) is 0 Å². The van der Waals surface area contributed by atoms with Gasteiger partial charge in [0.2, 0.25) is 0 Å². The minimum Gasteiger partial charge on any atom is -0.468 e. The van der Waals surface area contributed by atoms with Crippen LogP contribution in [-0.2, 0) is 9.53 Å². The molecule has 1 fully saturated rings. The van der Waals surface area contributed by atoms with Gasteiger partial charge in [-0.1, -0.05) is 13.8 Å². The molecule has 1 rings (SSSR count). The summed E-state index contributed by atoms with van der Waals surface area (Å²) in [5.74, 6) is 0.673. The molecule has 1 saturated heterocycles. The second-order valence-electron chi connectivity index (χ2n) is 6.40. The number of likely N-dealkylation sites (tertiary alicyclic amines) is 1. The SMILES string of the molecule is CCCNC(C)(CCCN1CCCC(C)C1)C(=O)OC. The van der Waals surface area contributed by atoms with Gasteiger partial charge in [0.05, 0.1) is 7.11 Å². The topological polar surface area (TPSA) is 41.6 Å². The van der Waals surface area contributed by atoms with Gasteiger partial charge in [-0.3, -0.25) is 4.79 Å². The molecule has 1 N–H and O–H groups in total. The van der Waals surface area contributed by atoms with Crippen LogP contribution in [0.2, 0.25) is 0 Å². The summed E-state index contributed by atoms with van der Waals surface area (Å²) in [6.07, 6.45) is 5.56. The average Bonchev–Trinajstić information content (AvgIpc) is 2.44. The predicted octanol–water partition coefficient (Wildman–Crippen LogP) is 2.43. The molecule has 118 valence electrons. The molecule has 1 aliphatic rings. The van der Waals surface area contributed by atoms with E-state index in [4.69, 9.17) is 4.74 Å². The third-order valence-corrected chi connectivity index (χ3v) is 4.29. The lowest BCUT2D eigenvalue weighted by molar-refractivity contribution is -0.148. The molecule has 0 aromatic rings. The molecule has 0 spiro atoms. The van der Waals surface area contributed by atoms with Crippen molar-refractivity contribution in [3.8, 4) is 0 Å². The molecule has 0 aromatic heterocycles. The van der Waals surface area contributed by atoms with Crippen LogP contribution in [0.15, 0.2) is 0 Å². The Kier molecular flexibility index (Phi) is 7.52. The lowest BCUT2D eigenvalue weighted by Gasteiger charge is -2.33. The summed E-state index contributed by atoms with van der Waals surface area (Å²) in [4.78, 5) is 14.5. The monoisotopic (exact) mass is 284 g/mol. The summed E-state index contributed by atoms with van der Waals surface area (Å²) >= 11 is 0. The molecule has 1 heterocycles. The smallest absolute Gasteiger partial charge is 0.325 e. The lowest BCUT2D eigenvalue weighted by Crippen LogP contribution is -2.51. The summed E-state index contributed by atoms with van der Waals surface area (Å²) in [6, 6.07) is 0. The molecule has 0 aromatic carbocycles. The zero-order valence-corrected chi connectivity index (χ0v) is 13.7. The number of esters is 1. The van der Waals surface area contributed by atoms with Crippen molar-refractivity contribution in [2.24, 2.45) is 5.92 Å². The van der Waals surface area contributed by atoms with E-state index in [0.717, 1.165) is 38.3 Å². The van der Waals surface area contributed by atoms with Gasteiger partial charge in [0.1, 0.15) is 5.54 Å². The Balaban J connectivity index is 2.39. The number of nitrogens with zero attached hydrogens (tertiary/aromatic N) is 1. The number of methoxy groups -OCH3 is 1. The van der Waals surface area contributed by atoms with Gasteiger partial charge in [0, 0.05) is 6.54 Å².